The van der Waals surface area contributed by atoms with Gasteiger partial charge in [0, 0.05) is 12.7 Å². The molecule has 1 N–H and O–H groups in total. The van der Waals surface area contributed by atoms with Crippen LogP contribution in [0.3, 0.4) is 0 Å². The van der Waals surface area contributed by atoms with Gasteiger partial charge in [0.05, 0.1) is 5.56 Å². The van der Waals surface area contributed by atoms with Crippen molar-refractivity contribution in [2.45, 2.75) is 6.92 Å². The van der Waals surface area contributed by atoms with Gasteiger partial charge in [-0.2, -0.15) is 4.39 Å². The van der Waals surface area contributed by atoms with E-state index >= 15 is 0 Å². The lowest BCUT2D eigenvalue weighted by atomic mass is 10.2. The average molecular weight is 244 g/mol. The number of aliphatic carboxylic acids is 1. The van der Waals surface area contributed by atoms with E-state index in [0.29, 0.717) is 0 Å². The number of carboxylic acids is 1. The maximum atomic E-state index is 13.3. The Hall–Kier alpha value is -2.05. The lowest BCUT2D eigenvalue weighted by Gasteiger charge is -2.18. The number of hydrogen-bond acceptors (Lipinski definition) is 3. The molecule has 7 heteroatoms. The molecular formula is C10H10F2N2O3. The van der Waals surface area contributed by atoms with Crippen molar-refractivity contribution in [3.8, 4) is 0 Å². The van der Waals surface area contributed by atoms with Gasteiger partial charge in [-0.3, -0.25) is 9.59 Å². The monoisotopic (exact) mass is 244 g/mol. The van der Waals surface area contributed by atoms with E-state index in [9.17, 15) is 18.4 Å². The highest BCUT2D eigenvalue weighted by atomic mass is 19.2. The zero-order valence-electron chi connectivity index (χ0n) is 8.98. The number of carbonyl (C=O) groups excluding carboxylic acids is 1. The highest BCUT2D eigenvalue weighted by molar-refractivity contribution is 5.95. The minimum atomic E-state index is -1.39. The van der Waals surface area contributed by atoms with Crippen molar-refractivity contribution in [1.82, 2.24) is 9.88 Å². The number of carboxylic acid groups (broad SMARTS) is 1. The minimum absolute atomic E-state index is 0.0779. The summed E-state index contributed by atoms with van der Waals surface area (Å²) in [5, 5.41) is 8.56. The fraction of sp³-hybridized carbons (Fsp3) is 0.300. The van der Waals surface area contributed by atoms with Gasteiger partial charge in [-0.25, -0.2) is 9.37 Å². The number of aromatic nitrogens is 1. The van der Waals surface area contributed by atoms with Crippen LogP contribution in [-0.4, -0.2) is 40.0 Å². The second-order valence-electron chi connectivity index (χ2n) is 3.18. The molecule has 0 unspecified atom stereocenters. The largest absolute Gasteiger partial charge is 0.480 e. The molecule has 0 saturated heterocycles. The van der Waals surface area contributed by atoms with Gasteiger partial charge in [-0.05, 0) is 13.0 Å². The third kappa shape index (κ3) is 2.96. The van der Waals surface area contributed by atoms with E-state index in [0.717, 1.165) is 17.2 Å². The highest BCUT2D eigenvalue weighted by Gasteiger charge is 2.22. The molecule has 1 aromatic heterocycles. The summed E-state index contributed by atoms with van der Waals surface area (Å²) >= 11 is 0. The van der Waals surface area contributed by atoms with Crippen LogP contribution in [0.4, 0.5) is 8.78 Å². The van der Waals surface area contributed by atoms with Crippen LogP contribution < -0.4 is 0 Å². The molecule has 92 valence electrons. The Morgan fingerprint density at radius 2 is 2.12 bits per heavy atom. The van der Waals surface area contributed by atoms with Crippen LogP contribution in [0.15, 0.2) is 12.3 Å². The summed E-state index contributed by atoms with van der Waals surface area (Å²) in [6.45, 7) is 1.05. The number of amides is 1. The Bertz CT molecular complexity index is 451. The quantitative estimate of drug-likeness (QED) is 0.799. The standard InChI is InChI=1S/C10H10F2N2O3/c1-2-14(5-7(15)16)10(17)6-3-4-13-9(12)8(6)11/h3-4H,2,5H2,1H3,(H,15,16). The highest BCUT2D eigenvalue weighted by Crippen LogP contribution is 2.11. The third-order valence-electron chi connectivity index (χ3n) is 2.07. The third-order valence-corrected chi connectivity index (χ3v) is 2.07. The van der Waals surface area contributed by atoms with Crippen molar-refractivity contribution >= 4 is 11.9 Å². The Morgan fingerprint density at radius 1 is 1.47 bits per heavy atom. The number of rotatable bonds is 4. The first-order valence-electron chi connectivity index (χ1n) is 4.78. The van der Waals surface area contributed by atoms with E-state index in [1.165, 1.54) is 6.92 Å². The molecule has 0 spiro atoms. The first kappa shape index (κ1) is 13.0. The molecule has 0 aliphatic heterocycles. The molecule has 0 atom stereocenters. The van der Waals surface area contributed by atoms with Crippen LogP contribution in [0, 0.1) is 11.8 Å². The van der Waals surface area contributed by atoms with Crippen LogP contribution in [-0.2, 0) is 4.79 Å². The van der Waals surface area contributed by atoms with Gasteiger partial charge in [0.1, 0.15) is 6.54 Å². The molecule has 0 aliphatic carbocycles. The van der Waals surface area contributed by atoms with Gasteiger partial charge < -0.3 is 10.0 Å². The number of halogens is 2. The molecule has 1 rings (SSSR count). The van der Waals surface area contributed by atoms with Gasteiger partial charge in [-0.1, -0.05) is 0 Å². The molecule has 0 aliphatic rings. The minimum Gasteiger partial charge on any atom is -0.480 e. The second kappa shape index (κ2) is 5.33. The second-order valence-corrected chi connectivity index (χ2v) is 3.18. The molecule has 0 radical (unpaired) electrons. The lowest BCUT2D eigenvalue weighted by molar-refractivity contribution is -0.137. The summed E-state index contributed by atoms with van der Waals surface area (Å²) in [4.78, 5) is 26.1. The molecule has 0 bridgehead atoms. The van der Waals surface area contributed by atoms with Crippen LogP contribution in [0.2, 0.25) is 0 Å². The molecular weight excluding hydrogens is 234 g/mol. The molecule has 1 amide bonds. The van der Waals surface area contributed by atoms with Gasteiger partial charge >= 0.3 is 5.97 Å². The molecule has 5 nitrogen and oxygen atoms in total. The maximum absolute atomic E-state index is 13.3. The summed E-state index contributed by atoms with van der Waals surface area (Å²) in [6, 6.07) is 1.01. The normalized spacial score (nSPS) is 10.1. The van der Waals surface area contributed by atoms with Crippen LogP contribution in [0.1, 0.15) is 17.3 Å². The summed E-state index contributed by atoms with van der Waals surface area (Å²) in [5.41, 5.74) is -0.527. The van der Waals surface area contributed by atoms with Crippen molar-refractivity contribution in [2.24, 2.45) is 0 Å². The fourth-order valence-corrected chi connectivity index (χ4v) is 1.24. The molecule has 1 aromatic rings. The van der Waals surface area contributed by atoms with Crippen molar-refractivity contribution < 1.29 is 23.5 Å². The molecule has 0 aromatic carbocycles. The summed E-state index contributed by atoms with van der Waals surface area (Å²) in [5.74, 6) is -4.87. The molecule has 17 heavy (non-hydrogen) atoms. The molecule has 0 fully saturated rings. The van der Waals surface area contributed by atoms with Crippen LogP contribution in [0.5, 0.6) is 0 Å². The molecule has 0 saturated carbocycles. The summed E-state index contributed by atoms with van der Waals surface area (Å²) < 4.78 is 26.1. The van der Waals surface area contributed by atoms with Crippen molar-refractivity contribution in [2.75, 3.05) is 13.1 Å². The van der Waals surface area contributed by atoms with Crippen LogP contribution >= 0.6 is 0 Å². The fourth-order valence-electron chi connectivity index (χ4n) is 1.24. The van der Waals surface area contributed by atoms with E-state index < -0.39 is 35.7 Å². The Morgan fingerprint density at radius 3 is 2.65 bits per heavy atom. The van der Waals surface area contributed by atoms with Crippen LogP contribution in [0.25, 0.3) is 0 Å². The smallest absolute Gasteiger partial charge is 0.323 e. The van der Waals surface area contributed by atoms with Crippen molar-refractivity contribution in [3.05, 3.63) is 29.6 Å². The van der Waals surface area contributed by atoms with E-state index in [4.69, 9.17) is 5.11 Å². The van der Waals surface area contributed by atoms with E-state index in [1.54, 1.807) is 0 Å². The predicted octanol–water partition coefficient (Wildman–Crippen LogP) is 0.906. The Balaban J connectivity index is 3.02. The number of carbonyl (C=O) groups is 2. The number of likely N-dealkylation sites (N-methyl/N-ethyl adjacent to an activating group) is 1. The van der Waals surface area contributed by atoms with Gasteiger partial charge in [-0.15, -0.1) is 0 Å². The average Bonchev–Trinajstić information content (AvgIpc) is 2.28. The van der Waals surface area contributed by atoms with E-state index in [-0.39, 0.29) is 6.54 Å². The lowest BCUT2D eigenvalue weighted by Crippen LogP contribution is -2.36. The maximum Gasteiger partial charge on any atom is 0.323 e. The predicted molar refractivity (Wildman–Crippen MR) is 53.4 cm³/mol. The zero-order chi connectivity index (χ0) is 13.0. The van der Waals surface area contributed by atoms with Gasteiger partial charge in [0.25, 0.3) is 5.91 Å². The van der Waals surface area contributed by atoms with E-state index in [2.05, 4.69) is 4.98 Å². The van der Waals surface area contributed by atoms with Crippen molar-refractivity contribution in [3.63, 3.8) is 0 Å². The summed E-state index contributed by atoms with van der Waals surface area (Å²) in [7, 11) is 0. The zero-order valence-corrected chi connectivity index (χ0v) is 8.98. The molecule has 1 heterocycles. The van der Waals surface area contributed by atoms with Gasteiger partial charge in [0.2, 0.25) is 5.95 Å². The topological polar surface area (TPSA) is 70.5 Å². The van der Waals surface area contributed by atoms with E-state index in [1.807, 2.05) is 0 Å². The van der Waals surface area contributed by atoms with Gasteiger partial charge in [0.15, 0.2) is 5.82 Å². The SMILES string of the molecule is CCN(CC(=O)O)C(=O)c1ccnc(F)c1F. The number of hydrogen-bond donors (Lipinski definition) is 1. The summed E-state index contributed by atoms with van der Waals surface area (Å²) in [6.07, 6.45) is 0.945. The Kier molecular flexibility index (Phi) is 4.08. The Labute approximate surface area is 95.7 Å². The van der Waals surface area contributed by atoms with Crippen molar-refractivity contribution in [1.29, 1.82) is 0 Å². The number of pyridine rings is 1. The number of nitrogens with zero attached hydrogens (tertiary/aromatic N) is 2. The first-order valence-corrected chi connectivity index (χ1v) is 4.78. The first-order chi connectivity index (χ1) is 7.97.